The molecule has 0 unspecified atom stereocenters. The molecule has 0 spiro atoms. The first kappa shape index (κ1) is 19.8. The second-order valence-electron chi connectivity index (χ2n) is 5.50. The standard InChI is InChI=1S/C15H18N4O5S2/c1-11-10-12(16)2-7-15(11)18-17-13-3-5-14(6-4-13)19-25(20,21)8-9-26(22,23)24/h2-7,10,19H,8-9,16H2,1H3,(H,22,23,24). The van der Waals surface area contributed by atoms with Gasteiger partial charge < -0.3 is 5.73 Å². The van der Waals surface area contributed by atoms with Gasteiger partial charge in [-0.25, -0.2) is 8.42 Å². The highest BCUT2D eigenvalue weighted by molar-refractivity contribution is 7.94. The third-order valence-electron chi connectivity index (χ3n) is 3.24. The van der Waals surface area contributed by atoms with E-state index in [-0.39, 0.29) is 5.69 Å². The van der Waals surface area contributed by atoms with Gasteiger partial charge in [0.1, 0.15) is 0 Å². The van der Waals surface area contributed by atoms with Crippen molar-refractivity contribution in [1.82, 2.24) is 0 Å². The fourth-order valence-electron chi connectivity index (χ4n) is 1.94. The maximum absolute atomic E-state index is 11.8. The zero-order valence-electron chi connectivity index (χ0n) is 13.8. The molecule has 0 aliphatic carbocycles. The van der Waals surface area contributed by atoms with Crippen LogP contribution in [0.5, 0.6) is 0 Å². The van der Waals surface area contributed by atoms with Crippen molar-refractivity contribution in [3.63, 3.8) is 0 Å². The summed E-state index contributed by atoms with van der Waals surface area (Å²) in [5, 5.41) is 8.18. The third-order valence-corrected chi connectivity index (χ3v) is 5.51. The van der Waals surface area contributed by atoms with E-state index in [1.807, 2.05) is 6.92 Å². The van der Waals surface area contributed by atoms with Crippen molar-refractivity contribution < 1.29 is 21.4 Å². The number of anilines is 2. The van der Waals surface area contributed by atoms with Crippen LogP contribution in [-0.2, 0) is 20.1 Å². The van der Waals surface area contributed by atoms with Gasteiger partial charge in [-0.15, -0.1) is 0 Å². The number of sulfonamides is 1. The van der Waals surface area contributed by atoms with Gasteiger partial charge in [-0.1, -0.05) is 0 Å². The van der Waals surface area contributed by atoms with Gasteiger partial charge in [0.05, 0.1) is 22.9 Å². The van der Waals surface area contributed by atoms with Crippen molar-refractivity contribution in [2.24, 2.45) is 10.2 Å². The fourth-order valence-corrected chi connectivity index (χ4v) is 4.26. The van der Waals surface area contributed by atoms with E-state index in [1.54, 1.807) is 30.3 Å². The monoisotopic (exact) mass is 398 g/mol. The summed E-state index contributed by atoms with van der Waals surface area (Å²) in [5.41, 5.74) is 8.58. The summed E-state index contributed by atoms with van der Waals surface area (Å²) < 4.78 is 55.7. The molecule has 0 heterocycles. The summed E-state index contributed by atoms with van der Waals surface area (Å²) in [6.45, 7) is 1.86. The molecule has 11 heteroatoms. The van der Waals surface area contributed by atoms with Crippen LogP contribution in [0.3, 0.4) is 0 Å². The molecule has 0 aliphatic heterocycles. The Hall–Kier alpha value is -2.50. The first-order chi connectivity index (χ1) is 12.0. The maximum Gasteiger partial charge on any atom is 0.265 e. The predicted molar refractivity (Wildman–Crippen MR) is 100 cm³/mol. The quantitative estimate of drug-likeness (QED) is 0.370. The highest BCUT2D eigenvalue weighted by Crippen LogP contribution is 2.24. The molecule has 0 saturated carbocycles. The van der Waals surface area contributed by atoms with Gasteiger partial charge in [0.15, 0.2) is 0 Å². The van der Waals surface area contributed by atoms with Crippen molar-refractivity contribution in [2.45, 2.75) is 6.92 Å². The first-order valence-corrected chi connectivity index (χ1v) is 10.6. The molecule has 0 saturated heterocycles. The minimum atomic E-state index is -4.35. The van der Waals surface area contributed by atoms with Crippen LogP contribution in [0.2, 0.25) is 0 Å². The molecule has 4 N–H and O–H groups in total. The van der Waals surface area contributed by atoms with E-state index in [0.717, 1.165) is 5.56 Å². The van der Waals surface area contributed by atoms with Crippen LogP contribution in [0.4, 0.5) is 22.7 Å². The molecule has 2 aromatic carbocycles. The Balaban J connectivity index is 2.05. The zero-order valence-corrected chi connectivity index (χ0v) is 15.5. The summed E-state index contributed by atoms with van der Waals surface area (Å²) in [7, 11) is -8.25. The number of azo groups is 1. The SMILES string of the molecule is Cc1cc(N)ccc1N=Nc1ccc(NS(=O)(=O)CCS(=O)(=O)O)cc1. The van der Waals surface area contributed by atoms with E-state index in [9.17, 15) is 16.8 Å². The molecule has 0 atom stereocenters. The minimum absolute atomic E-state index is 0.239. The molecule has 0 radical (unpaired) electrons. The van der Waals surface area contributed by atoms with Crippen LogP contribution >= 0.6 is 0 Å². The Bertz CT molecular complexity index is 1020. The summed E-state index contributed by atoms with van der Waals surface area (Å²) in [4.78, 5) is 0. The Morgan fingerprint density at radius 1 is 1.00 bits per heavy atom. The van der Waals surface area contributed by atoms with Crippen molar-refractivity contribution in [2.75, 3.05) is 22.0 Å². The Morgan fingerprint density at radius 2 is 1.65 bits per heavy atom. The van der Waals surface area contributed by atoms with Crippen LogP contribution in [0.1, 0.15) is 5.56 Å². The number of nitrogen functional groups attached to an aromatic ring is 1. The lowest BCUT2D eigenvalue weighted by Gasteiger charge is -2.07. The van der Waals surface area contributed by atoms with E-state index in [1.165, 1.54) is 12.1 Å². The van der Waals surface area contributed by atoms with Crippen LogP contribution in [-0.4, -0.2) is 32.9 Å². The van der Waals surface area contributed by atoms with E-state index in [4.69, 9.17) is 10.3 Å². The number of hydrogen-bond donors (Lipinski definition) is 3. The lowest BCUT2D eigenvalue weighted by atomic mass is 10.2. The Morgan fingerprint density at radius 3 is 2.23 bits per heavy atom. The largest absolute Gasteiger partial charge is 0.399 e. The summed E-state index contributed by atoms with van der Waals surface area (Å²) in [5.74, 6) is -1.63. The van der Waals surface area contributed by atoms with Gasteiger partial charge >= 0.3 is 0 Å². The van der Waals surface area contributed by atoms with Crippen molar-refractivity contribution in [3.05, 3.63) is 48.0 Å². The van der Waals surface area contributed by atoms with Gasteiger partial charge in [0, 0.05) is 11.4 Å². The predicted octanol–water partition coefficient (Wildman–Crippen LogP) is 2.62. The topological polar surface area (TPSA) is 151 Å². The lowest BCUT2D eigenvalue weighted by Crippen LogP contribution is -2.22. The molecule has 0 fully saturated rings. The molecule has 0 amide bonds. The highest BCUT2D eigenvalue weighted by Gasteiger charge is 2.15. The van der Waals surface area contributed by atoms with Gasteiger partial charge in [-0.2, -0.15) is 18.6 Å². The third kappa shape index (κ3) is 6.43. The fraction of sp³-hybridized carbons (Fsp3) is 0.200. The van der Waals surface area contributed by atoms with Crippen LogP contribution < -0.4 is 10.5 Å². The molecule has 0 aliphatic rings. The molecular formula is C15H18N4O5S2. The van der Waals surface area contributed by atoms with Crippen molar-refractivity contribution in [3.8, 4) is 0 Å². The van der Waals surface area contributed by atoms with E-state index in [2.05, 4.69) is 15.0 Å². The average molecular weight is 398 g/mol. The Kier molecular flexibility index (Phi) is 5.95. The van der Waals surface area contributed by atoms with Gasteiger partial charge in [-0.05, 0) is 55.0 Å². The number of nitrogens with one attached hydrogen (secondary N) is 1. The summed E-state index contributed by atoms with van der Waals surface area (Å²) in [6.07, 6.45) is 0. The van der Waals surface area contributed by atoms with Crippen LogP contribution in [0, 0.1) is 6.92 Å². The second-order valence-corrected chi connectivity index (χ2v) is 8.91. The van der Waals surface area contributed by atoms with Crippen molar-refractivity contribution in [1.29, 1.82) is 0 Å². The first-order valence-electron chi connectivity index (χ1n) is 7.38. The van der Waals surface area contributed by atoms with E-state index < -0.39 is 31.6 Å². The van der Waals surface area contributed by atoms with Gasteiger partial charge in [-0.3, -0.25) is 9.27 Å². The minimum Gasteiger partial charge on any atom is -0.399 e. The molecule has 26 heavy (non-hydrogen) atoms. The number of hydrogen-bond acceptors (Lipinski definition) is 7. The number of rotatable bonds is 7. The molecule has 0 aromatic heterocycles. The molecule has 0 bridgehead atoms. The molecule has 140 valence electrons. The number of nitrogens with two attached hydrogens (primary N) is 1. The molecule has 9 nitrogen and oxygen atoms in total. The Labute approximate surface area is 151 Å². The smallest absolute Gasteiger partial charge is 0.265 e. The second kappa shape index (κ2) is 7.81. The number of nitrogens with zero attached hydrogens (tertiary/aromatic N) is 2. The van der Waals surface area contributed by atoms with Gasteiger partial charge in [0.25, 0.3) is 10.1 Å². The van der Waals surface area contributed by atoms with E-state index in [0.29, 0.717) is 17.1 Å². The summed E-state index contributed by atoms with van der Waals surface area (Å²) in [6, 6.07) is 11.3. The highest BCUT2D eigenvalue weighted by atomic mass is 32.2. The summed E-state index contributed by atoms with van der Waals surface area (Å²) >= 11 is 0. The normalized spacial score (nSPS) is 12.4. The molecule has 2 rings (SSSR count). The average Bonchev–Trinajstić information content (AvgIpc) is 2.53. The maximum atomic E-state index is 11.8. The van der Waals surface area contributed by atoms with Gasteiger partial charge in [0.2, 0.25) is 10.0 Å². The van der Waals surface area contributed by atoms with Crippen LogP contribution in [0.25, 0.3) is 0 Å². The lowest BCUT2D eigenvalue weighted by molar-refractivity contribution is 0.484. The zero-order chi connectivity index (χ0) is 19.4. The van der Waals surface area contributed by atoms with Crippen molar-refractivity contribution >= 4 is 42.9 Å². The molecule has 2 aromatic rings. The van der Waals surface area contributed by atoms with E-state index >= 15 is 0 Å². The number of aryl methyl sites for hydroxylation is 1. The van der Waals surface area contributed by atoms with Crippen LogP contribution in [0.15, 0.2) is 52.7 Å². The molecular weight excluding hydrogens is 380 g/mol. The number of benzene rings is 2.